The molecular formula is C22H20F3N3O2. The van der Waals surface area contributed by atoms with Gasteiger partial charge >= 0.3 is 6.36 Å². The number of aromatic nitrogens is 1. The second-order valence-electron chi connectivity index (χ2n) is 7.03. The lowest BCUT2D eigenvalue weighted by Gasteiger charge is -2.36. The van der Waals surface area contributed by atoms with Crippen LogP contribution in [-0.4, -0.2) is 34.8 Å². The first kappa shape index (κ1) is 20.0. The number of halogens is 3. The second-order valence-corrected chi connectivity index (χ2v) is 7.03. The Balaban J connectivity index is 1.46. The Labute approximate surface area is 171 Å². The topological polar surface area (TPSA) is 46.5 Å². The number of carbonyl (C=O) groups excluding carboxylic acids is 1. The predicted octanol–water partition coefficient (Wildman–Crippen LogP) is 4.43. The molecule has 1 aliphatic heterocycles. The van der Waals surface area contributed by atoms with E-state index < -0.39 is 6.36 Å². The number of amides is 1. The first-order chi connectivity index (χ1) is 14.4. The van der Waals surface area contributed by atoms with E-state index in [9.17, 15) is 18.0 Å². The van der Waals surface area contributed by atoms with Crippen LogP contribution in [0, 0.1) is 0 Å². The largest absolute Gasteiger partial charge is 0.573 e. The molecule has 2 aromatic carbocycles. The average Bonchev–Trinajstić information content (AvgIpc) is 3.17. The average molecular weight is 415 g/mol. The Morgan fingerprint density at radius 1 is 1.00 bits per heavy atom. The second kappa shape index (κ2) is 8.23. The van der Waals surface area contributed by atoms with Crippen molar-refractivity contribution in [2.24, 2.45) is 0 Å². The summed E-state index contributed by atoms with van der Waals surface area (Å²) >= 11 is 0. The Kier molecular flexibility index (Phi) is 5.50. The van der Waals surface area contributed by atoms with E-state index in [1.807, 2.05) is 42.6 Å². The van der Waals surface area contributed by atoms with Gasteiger partial charge in [0.2, 0.25) is 5.91 Å². The van der Waals surface area contributed by atoms with E-state index in [2.05, 4.69) is 25.6 Å². The molecule has 1 aliphatic rings. The lowest BCUT2D eigenvalue weighted by atomic mass is 10.00. The third-order valence-corrected chi connectivity index (χ3v) is 4.97. The summed E-state index contributed by atoms with van der Waals surface area (Å²) in [6, 6.07) is 19.1. The van der Waals surface area contributed by atoms with E-state index in [4.69, 9.17) is 0 Å². The lowest BCUT2D eigenvalue weighted by Crippen LogP contribution is -2.42. The van der Waals surface area contributed by atoms with E-state index in [0.717, 1.165) is 17.8 Å². The summed E-state index contributed by atoms with van der Waals surface area (Å²) in [7, 11) is 0. The number of nitrogens with one attached hydrogen (secondary N) is 1. The number of nitrogens with zero attached hydrogens (tertiary/aromatic N) is 2. The molecule has 8 heteroatoms. The quantitative estimate of drug-likeness (QED) is 0.671. The summed E-state index contributed by atoms with van der Waals surface area (Å²) in [6.07, 6.45) is -2.71. The van der Waals surface area contributed by atoms with Gasteiger partial charge in [-0.05, 0) is 42.0 Å². The van der Waals surface area contributed by atoms with Gasteiger partial charge in [-0.3, -0.25) is 9.69 Å². The first-order valence-corrected chi connectivity index (χ1v) is 9.49. The summed E-state index contributed by atoms with van der Waals surface area (Å²) in [5, 5.41) is 2.74. The Hall–Kier alpha value is -3.26. The van der Waals surface area contributed by atoms with E-state index in [1.54, 1.807) is 0 Å². The number of ether oxygens (including phenoxy) is 1. The molecule has 0 saturated carbocycles. The summed E-state index contributed by atoms with van der Waals surface area (Å²) in [4.78, 5) is 14.7. The van der Waals surface area contributed by atoms with Crippen molar-refractivity contribution in [1.82, 2.24) is 9.47 Å². The zero-order valence-electron chi connectivity index (χ0n) is 16.0. The van der Waals surface area contributed by atoms with E-state index >= 15 is 0 Å². The highest BCUT2D eigenvalue weighted by atomic mass is 19.4. The monoisotopic (exact) mass is 415 g/mol. The number of hydrogen-bond acceptors (Lipinski definition) is 3. The van der Waals surface area contributed by atoms with Crippen molar-refractivity contribution >= 4 is 11.6 Å². The van der Waals surface area contributed by atoms with Crippen molar-refractivity contribution in [3.05, 3.63) is 84.2 Å². The van der Waals surface area contributed by atoms with Crippen molar-refractivity contribution in [3.63, 3.8) is 0 Å². The summed E-state index contributed by atoms with van der Waals surface area (Å²) in [6.45, 7) is 1.64. The van der Waals surface area contributed by atoms with Crippen LogP contribution in [0.3, 0.4) is 0 Å². The molecule has 156 valence electrons. The van der Waals surface area contributed by atoms with E-state index in [1.165, 1.54) is 24.3 Å². The number of anilines is 1. The number of hydrogen-bond donors (Lipinski definition) is 1. The molecule has 0 radical (unpaired) electrons. The van der Waals surface area contributed by atoms with Gasteiger partial charge in [0.05, 0.1) is 12.6 Å². The molecule has 0 spiro atoms. The van der Waals surface area contributed by atoms with Gasteiger partial charge in [-0.25, -0.2) is 0 Å². The fourth-order valence-electron chi connectivity index (χ4n) is 3.74. The molecule has 30 heavy (non-hydrogen) atoms. The predicted molar refractivity (Wildman–Crippen MR) is 106 cm³/mol. The van der Waals surface area contributed by atoms with Gasteiger partial charge < -0.3 is 14.6 Å². The maximum Gasteiger partial charge on any atom is 0.573 e. The number of benzene rings is 2. The number of rotatable bonds is 5. The van der Waals surface area contributed by atoms with Crippen LogP contribution in [0.1, 0.15) is 17.3 Å². The van der Waals surface area contributed by atoms with Crippen LogP contribution in [0.2, 0.25) is 0 Å². The third-order valence-electron chi connectivity index (χ3n) is 4.97. The molecule has 0 saturated heterocycles. The van der Waals surface area contributed by atoms with Crippen LogP contribution in [0.4, 0.5) is 18.9 Å². The van der Waals surface area contributed by atoms with Crippen LogP contribution in [-0.2, 0) is 11.3 Å². The third kappa shape index (κ3) is 4.65. The normalized spacial score (nSPS) is 16.7. The zero-order chi connectivity index (χ0) is 21.1. The van der Waals surface area contributed by atoms with Crippen LogP contribution in [0.25, 0.3) is 0 Å². The zero-order valence-corrected chi connectivity index (χ0v) is 16.0. The molecule has 1 atom stereocenters. The molecule has 1 aromatic heterocycles. The minimum atomic E-state index is -4.75. The Bertz CT molecular complexity index is 1000. The molecule has 2 heterocycles. The van der Waals surface area contributed by atoms with Crippen LogP contribution >= 0.6 is 0 Å². The van der Waals surface area contributed by atoms with Crippen LogP contribution in [0.15, 0.2) is 72.9 Å². The molecule has 3 aromatic rings. The first-order valence-electron chi connectivity index (χ1n) is 9.49. The fourth-order valence-corrected chi connectivity index (χ4v) is 3.74. The van der Waals surface area contributed by atoms with Crippen LogP contribution < -0.4 is 10.1 Å². The highest BCUT2D eigenvalue weighted by Crippen LogP contribution is 2.32. The highest BCUT2D eigenvalue weighted by Gasteiger charge is 2.31. The summed E-state index contributed by atoms with van der Waals surface area (Å²) in [5.41, 5.74) is 2.62. The summed E-state index contributed by atoms with van der Waals surface area (Å²) < 4.78 is 42.9. The minimum Gasteiger partial charge on any atom is -0.406 e. The Morgan fingerprint density at radius 2 is 1.73 bits per heavy atom. The molecule has 1 amide bonds. The molecule has 0 fully saturated rings. The smallest absolute Gasteiger partial charge is 0.406 e. The van der Waals surface area contributed by atoms with Crippen LogP contribution in [0.5, 0.6) is 5.75 Å². The molecule has 0 bridgehead atoms. The van der Waals surface area contributed by atoms with Gasteiger partial charge in [-0.2, -0.15) is 0 Å². The van der Waals surface area contributed by atoms with Gasteiger partial charge in [0, 0.05) is 30.7 Å². The van der Waals surface area contributed by atoms with Gasteiger partial charge in [0.15, 0.2) is 0 Å². The Morgan fingerprint density at radius 3 is 2.43 bits per heavy atom. The standard InChI is InChI=1S/C22H20F3N3O2/c23-22(24,25)30-18-10-8-17(9-11-18)26-20(29)15-28-14-13-27-12-4-7-19(27)21(28)16-5-2-1-3-6-16/h1-12,21H,13-15H2,(H,26,29). The van der Waals surface area contributed by atoms with E-state index in [-0.39, 0.29) is 24.2 Å². The number of fused-ring (bicyclic) bond motifs is 1. The van der Waals surface area contributed by atoms with Crippen molar-refractivity contribution in [2.45, 2.75) is 18.9 Å². The fraction of sp³-hybridized carbons (Fsp3) is 0.227. The molecule has 1 N–H and O–H groups in total. The molecule has 5 nitrogen and oxygen atoms in total. The van der Waals surface area contributed by atoms with Crippen molar-refractivity contribution in [2.75, 3.05) is 18.4 Å². The van der Waals surface area contributed by atoms with Crippen molar-refractivity contribution in [1.29, 1.82) is 0 Å². The molecular weight excluding hydrogens is 395 g/mol. The van der Waals surface area contributed by atoms with Gasteiger partial charge in [0.1, 0.15) is 5.75 Å². The van der Waals surface area contributed by atoms with Crippen molar-refractivity contribution < 1.29 is 22.7 Å². The lowest BCUT2D eigenvalue weighted by molar-refractivity contribution is -0.274. The SMILES string of the molecule is O=C(CN1CCn2cccc2C1c1ccccc1)Nc1ccc(OC(F)(F)F)cc1. The van der Waals surface area contributed by atoms with Crippen molar-refractivity contribution in [3.8, 4) is 5.75 Å². The summed E-state index contributed by atoms with van der Waals surface area (Å²) in [5.74, 6) is -0.568. The van der Waals surface area contributed by atoms with E-state index in [0.29, 0.717) is 12.2 Å². The number of carbonyl (C=O) groups is 1. The molecule has 0 aliphatic carbocycles. The minimum absolute atomic E-state index is 0.0525. The molecule has 4 rings (SSSR count). The number of alkyl halides is 3. The maximum atomic E-state index is 12.7. The highest BCUT2D eigenvalue weighted by molar-refractivity contribution is 5.92. The van der Waals surface area contributed by atoms with Gasteiger partial charge in [-0.1, -0.05) is 30.3 Å². The molecule has 1 unspecified atom stereocenters. The maximum absolute atomic E-state index is 12.7. The van der Waals surface area contributed by atoms with Gasteiger partial charge in [-0.15, -0.1) is 13.2 Å². The van der Waals surface area contributed by atoms with Gasteiger partial charge in [0.25, 0.3) is 0 Å².